The number of hydrogen-bond donors (Lipinski definition) is 0. The molecule has 0 bridgehead atoms. The fraction of sp³-hybridized carbons (Fsp3) is 0.333. The molecule has 1 aliphatic rings. The van der Waals surface area contributed by atoms with Gasteiger partial charge in [-0.25, -0.2) is 17.4 Å². The van der Waals surface area contributed by atoms with Crippen LogP contribution in [0.4, 0.5) is 19.1 Å². The van der Waals surface area contributed by atoms with E-state index >= 15 is 0 Å². The third kappa shape index (κ3) is 3.09. The van der Waals surface area contributed by atoms with Gasteiger partial charge in [-0.2, -0.15) is 10.1 Å². The molecule has 0 saturated carbocycles. The van der Waals surface area contributed by atoms with Crippen LogP contribution < -0.4 is 9.04 Å². The number of nitrogens with zero attached hydrogens (tertiary/aromatic N) is 4. The van der Waals surface area contributed by atoms with Gasteiger partial charge < -0.3 is 4.74 Å². The first-order valence-electron chi connectivity index (χ1n) is 6.54. The summed E-state index contributed by atoms with van der Waals surface area (Å²) >= 11 is 0. The Morgan fingerprint density at radius 2 is 2.00 bits per heavy atom. The number of anilines is 1. The second-order valence-corrected chi connectivity index (χ2v) is 6.60. The number of rotatable bonds is 3. The van der Waals surface area contributed by atoms with E-state index in [1.54, 1.807) is 0 Å². The van der Waals surface area contributed by atoms with Crippen LogP contribution in [0, 0.1) is 0 Å². The van der Waals surface area contributed by atoms with Gasteiger partial charge in [-0.3, -0.25) is 0 Å². The highest BCUT2D eigenvalue weighted by atomic mass is 32.2. The van der Waals surface area contributed by atoms with Crippen molar-refractivity contribution in [3.63, 3.8) is 0 Å². The summed E-state index contributed by atoms with van der Waals surface area (Å²) in [5, 5.41) is 3.91. The lowest BCUT2D eigenvalue weighted by Gasteiger charge is -2.27. The summed E-state index contributed by atoms with van der Waals surface area (Å²) in [5.41, 5.74) is 0. The van der Waals surface area contributed by atoms with Crippen LogP contribution in [0.2, 0.25) is 0 Å². The zero-order valence-electron chi connectivity index (χ0n) is 11.6. The van der Waals surface area contributed by atoms with Crippen molar-refractivity contribution in [2.24, 2.45) is 0 Å². The molecule has 0 N–H and O–H groups in total. The minimum Gasteiger partial charge on any atom is -0.406 e. The van der Waals surface area contributed by atoms with E-state index in [2.05, 4.69) is 14.8 Å². The van der Waals surface area contributed by atoms with Gasteiger partial charge in [-0.15, -0.1) is 13.2 Å². The molecule has 1 aromatic heterocycles. The molecule has 0 amide bonds. The first-order chi connectivity index (χ1) is 10.8. The molecule has 2 heterocycles. The molecule has 0 fully saturated rings. The molecule has 11 heteroatoms. The smallest absolute Gasteiger partial charge is 0.406 e. The Labute approximate surface area is 129 Å². The average Bonchev–Trinajstić information content (AvgIpc) is 2.93. The number of fused-ring (bicyclic) bond motifs is 1. The maximum absolute atomic E-state index is 12.7. The van der Waals surface area contributed by atoms with Crippen molar-refractivity contribution in [1.29, 1.82) is 0 Å². The van der Waals surface area contributed by atoms with Crippen LogP contribution in [0.5, 0.6) is 5.75 Å². The summed E-state index contributed by atoms with van der Waals surface area (Å²) in [7, 11) is -4.06. The number of aryl methyl sites for hydroxylation is 1. The third-order valence-corrected chi connectivity index (χ3v) is 4.95. The lowest BCUT2D eigenvalue weighted by atomic mass is 10.3. The van der Waals surface area contributed by atoms with Crippen LogP contribution in [0.1, 0.15) is 6.42 Å². The summed E-state index contributed by atoms with van der Waals surface area (Å²) < 4.78 is 68.4. The molecule has 1 aromatic carbocycles. The van der Waals surface area contributed by atoms with Gasteiger partial charge in [0.1, 0.15) is 12.1 Å². The van der Waals surface area contributed by atoms with E-state index in [1.807, 2.05) is 0 Å². The minimum atomic E-state index is -4.90. The molecule has 0 unspecified atom stereocenters. The van der Waals surface area contributed by atoms with E-state index in [1.165, 1.54) is 23.1 Å². The Hall–Kier alpha value is -2.30. The molecule has 23 heavy (non-hydrogen) atoms. The Morgan fingerprint density at radius 3 is 2.74 bits per heavy atom. The second-order valence-electron chi connectivity index (χ2n) is 4.74. The van der Waals surface area contributed by atoms with E-state index in [9.17, 15) is 21.6 Å². The predicted molar refractivity (Wildman–Crippen MR) is 72.3 cm³/mol. The van der Waals surface area contributed by atoms with E-state index in [0.717, 1.165) is 16.4 Å². The molecular formula is C12H11F3N4O3S. The highest BCUT2D eigenvalue weighted by Crippen LogP contribution is 2.29. The second kappa shape index (κ2) is 5.41. The number of ether oxygens (including phenoxy) is 1. The van der Waals surface area contributed by atoms with Crippen LogP contribution in [-0.2, 0) is 16.6 Å². The molecular weight excluding hydrogens is 337 g/mol. The SMILES string of the molecule is O=S(=O)(c1cccc(OC(F)(F)F)c1)N1CCCn2ncnc21. The van der Waals surface area contributed by atoms with Crippen molar-refractivity contribution < 1.29 is 26.3 Å². The lowest BCUT2D eigenvalue weighted by Crippen LogP contribution is -2.38. The molecule has 0 saturated heterocycles. The summed E-state index contributed by atoms with van der Waals surface area (Å²) in [6, 6.07) is 4.25. The van der Waals surface area contributed by atoms with Gasteiger partial charge in [0.05, 0.1) is 4.90 Å². The summed E-state index contributed by atoms with van der Waals surface area (Å²) in [6.45, 7) is 0.698. The summed E-state index contributed by atoms with van der Waals surface area (Å²) in [6.07, 6.45) is -3.14. The van der Waals surface area contributed by atoms with Crippen molar-refractivity contribution in [3.8, 4) is 5.75 Å². The highest BCUT2D eigenvalue weighted by Gasteiger charge is 2.34. The lowest BCUT2D eigenvalue weighted by molar-refractivity contribution is -0.274. The molecule has 0 spiro atoms. The monoisotopic (exact) mass is 348 g/mol. The third-order valence-electron chi connectivity index (χ3n) is 3.18. The van der Waals surface area contributed by atoms with E-state index in [4.69, 9.17) is 0 Å². The Bertz CT molecular complexity index is 819. The Balaban J connectivity index is 1.97. The zero-order chi connectivity index (χ0) is 16.7. The van der Waals surface area contributed by atoms with Crippen molar-refractivity contribution in [1.82, 2.24) is 14.8 Å². The van der Waals surface area contributed by atoms with Crippen molar-refractivity contribution >= 4 is 16.0 Å². The fourth-order valence-corrected chi connectivity index (χ4v) is 3.76. The molecule has 124 valence electrons. The number of hydrogen-bond acceptors (Lipinski definition) is 5. The predicted octanol–water partition coefficient (Wildman–Crippen LogP) is 1.78. The highest BCUT2D eigenvalue weighted by molar-refractivity contribution is 7.92. The maximum Gasteiger partial charge on any atom is 0.573 e. The van der Waals surface area contributed by atoms with E-state index in [-0.39, 0.29) is 17.4 Å². The Morgan fingerprint density at radius 1 is 1.22 bits per heavy atom. The van der Waals surface area contributed by atoms with Crippen molar-refractivity contribution in [3.05, 3.63) is 30.6 Å². The number of benzene rings is 1. The topological polar surface area (TPSA) is 77.3 Å². The van der Waals surface area contributed by atoms with Gasteiger partial charge in [-0.1, -0.05) is 6.07 Å². The molecule has 1 aliphatic heterocycles. The van der Waals surface area contributed by atoms with E-state index in [0.29, 0.717) is 13.0 Å². The minimum absolute atomic E-state index is 0.137. The molecule has 0 aliphatic carbocycles. The van der Waals surface area contributed by atoms with E-state index < -0.39 is 22.1 Å². The van der Waals surface area contributed by atoms with Gasteiger partial charge in [-0.05, 0) is 18.6 Å². The standard InChI is InChI=1S/C12H11F3N4O3S/c13-12(14,15)22-9-3-1-4-10(7-9)23(20,21)19-6-2-5-18-11(19)16-8-17-18/h1,3-4,7-8H,2,5-6H2. The van der Waals surface area contributed by atoms with Crippen LogP contribution in [-0.4, -0.2) is 36.1 Å². The zero-order valence-corrected chi connectivity index (χ0v) is 12.4. The number of alkyl halides is 3. The van der Waals surface area contributed by atoms with Crippen LogP contribution in [0.15, 0.2) is 35.5 Å². The van der Waals surface area contributed by atoms with Crippen LogP contribution >= 0.6 is 0 Å². The molecule has 2 aromatic rings. The molecule has 7 nitrogen and oxygen atoms in total. The number of sulfonamides is 1. The maximum atomic E-state index is 12.7. The molecule has 3 rings (SSSR count). The normalized spacial score (nSPS) is 15.3. The summed E-state index contributed by atoms with van der Waals surface area (Å²) in [5.74, 6) is -0.463. The van der Waals surface area contributed by atoms with Crippen molar-refractivity contribution in [2.75, 3.05) is 10.8 Å². The van der Waals surface area contributed by atoms with Crippen LogP contribution in [0.3, 0.4) is 0 Å². The number of aromatic nitrogens is 3. The Kier molecular flexibility index (Phi) is 3.66. The molecule has 0 atom stereocenters. The van der Waals surface area contributed by atoms with Gasteiger partial charge in [0.25, 0.3) is 10.0 Å². The van der Waals surface area contributed by atoms with Gasteiger partial charge >= 0.3 is 6.36 Å². The van der Waals surface area contributed by atoms with Gasteiger partial charge in [0.15, 0.2) is 0 Å². The number of halogens is 3. The average molecular weight is 348 g/mol. The van der Waals surface area contributed by atoms with Crippen LogP contribution in [0.25, 0.3) is 0 Å². The van der Waals surface area contributed by atoms with Gasteiger partial charge in [0.2, 0.25) is 5.95 Å². The largest absolute Gasteiger partial charge is 0.573 e. The first-order valence-corrected chi connectivity index (χ1v) is 7.98. The van der Waals surface area contributed by atoms with Gasteiger partial charge in [0, 0.05) is 19.2 Å². The first kappa shape index (κ1) is 15.6. The molecule has 0 radical (unpaired) electrons. The summed E-state index contributed by atoms with van der Waals surface area (Å²) in [4.78, 5) is 3.59. The fourth-order valence-electron chi connectivity index (χ4n) is 2.26. The quantitative estimate of drug-likeness (QED) is 0.845. The van der Waals surface area contributed by atoms with Crippen molar-refractivity contribution in [2.45, 2.75) is 24.2 Å².